The molecular formula is C21H24F2N7O5S-. The Kier molecular flexibility index (Phi) is 8.50. The Morgan fingerprint density at radius 2 is 2.11 bits per heavy atom. The van der Waals surface area contributed by atoms with Crippen LogP contribution < -0.4 is 9.62 Å². The van der Waals surface area contributed by atoms with E-state index in [4.69, 9.17) is 10.3 Å². The van der Waals surface area contributed by atoms with Crippen molar-refractivity contribution in [2.24, 2.45) is 18.1 Å². The standard InChI is InChI=1S/C21H25F2N7O5S/c1-4-35-21(32)29-9-13(8-25-27-24)16(11-29)30(36(33)34)17-10-28(3)19(18(17)23)20(31)26-14-5-6-15(22)12(2)7-14/h5-7,10,13,16H,4,8-9,11H2,1-3H3,(H,26,31)(H,33,34)/p-1. The third-order valence-electron chi connectivity index (χ3n) is 5.74. The van der Waals surface area contributed by atoms with Crippen LogP contribution in [0.3, 0.4) is 0 Å². The summed E-state index contributed by atoms with van der Waals surface area (Å²) >= 11 is -3.02. The molecule has 194 valence electrons. The van der Waals surface area contributed by atoms with Crippen molar-refractivity contribution >= 4 is 34.6 Å². The maximum Gasteiger partial charge on any atom is 0.409 e. The molecule has 0 aliphatic carbocycles. The number of benzene rings is 1. The number of amides is 2. The van der Waals surface area contributed by atoms with E-state index in [9.17, 15) is 22.7 Å². The Balaban J connectivity index is 1.95. The van der Waals surface area contributed by atoms with Crippen LogP contribution in [-0.4, -0.2) is 62.5 Å². The van der Waals surface area contributed by atoms with E-state index in [0.717, 1.165) is 21.1 Å². The molecule has 3 unspecified atom stereocenters. The first-order valence-corrected chi connectivity index (χ1v) is 11.9. The van der Waals surface area contributed by atoms with Crippen LogP contribution in [0.4, 0.5) is 25.0 Å². The average Bonchev–Trinajstić information content (AvgIpc) is 3.35. The van der Waals surface area contributed by atoms with Crippen LogP contribution in [0.1, 0.15) is 23.0 Å². The number of rotatable bonds is 8. The molecule has 1 saturated heterocycles. The van der Waals surface area contributed by atoms with Gasteiger partial charge in [-0.25, -0.2) is 13.6 Å². The number of aromatic nitrogens is 1. The minimum Gasteiger partial charge on any atom is -0.755 e. The van der Waals surface area contributed by atoms with Crippen LogP contribution >= 0.6 is 0 Å². The summed E-state index contributed by atoms with van der Waals surface area (Å²) in [5, 5.41) is 5.97. The monoisotopic (exact) mass is 524 g/mol. The highest BCUT2D eigenvalue weighted by molar-refractivity contribution is 7.80. The largest absolute Gasteiger partial charge is 0.755 e. The van der Waals surface area contributed by atoms with Gasteiger partial charge >= 0.3 is 6.09 Å². The van der Waals surface area contributed by atoms with Crippen molar-refractivity contribution < 1.29 is 31.9 Å². The van der Waals surface area contributed by atoms with E-state index in [2.05, 4.69) is 15.3 Å². The molecule has 36 heavy (non-hydrogen) atoms. The second kappa shape index (κ2) is 11.4. The molecule has 0 spiro atoms. The highest BCUT2D eigenvalue weighted by atomic mass is 32.2. The number of aryl methyl sites for hydroxylation is 2. The van der Waals surface area contributed by atoms with Crippen molar-refractivity contribution in [3.8, 4) is 0 Å². The lowest BCUT2D eigenvalue weighted by atomic mass is 10.0. The number of nitrogens with one attached hydrogen (secondary N) is 1. The Morgan fingerprint density at radius 3 is 2.72 bits per heavy atom. The van der Waals surface area contributed by atoms with Gasteiger partial charge in [0, 0.05) is 60.7 Å². The summed E-state index contributed by atoms with van der Waals surface area (Å²) in [5.41, 5.74) is 8.33. The lowest BCUT2D eigenvalue weighted by Crippen LogP contribution is -2.43. The van der Waals surface area contributed by atoms with Gasteiger partial charge in [-0.05, 0) is 43.1 Å². The number of hydrogen-bond acceptors (Lipinski definition) is 6. The Bertz CT molecular complexity index is 1230. The number of carbonyl (C=O) groups excluding carboxylic acids is 2. The molecule has 0 bridgehead atoms. The quantitative estimate of drug-likeness (QED) is 0.243. The fourth-order valence-corrected chi connectivity index (χ4v) is 4.83. The van der Waals surface area contributed by atoms with E-state index in [0.29, 0.717) is 0 Å². The number of likely N-dealkylation sites (tertiary alicyclic amines) is 1. The van der Waals surface area contributed by atoms with E-state index >= 15 is 4.39 Å². The van der Waals surface area contributed by atoms with Crippen molar-refractivity contribution in [3.63, 3.8) is 0 Å². The Labute approximate surface area is 207 Å². The smallest absolute Gasteiger partial charge is 0.409 e. The second-order valence-corrected chi connectivity index (χ2v) is 8.92. The summed E-state index contributed by atoms with van der Waals surface area (Å²) in [4.78, 5) is 29.0. The SMILES string of the molecule is CCOC(=O)N1CC(CN=[N+]=[N-])C(N(c2cn(C)c(C(=O)Nc3ccc(F)c(C)c3)c2F)S(=O)[O-])C1. The van der Waals surface area contributed by atoms with E-state index in [1.54, 1.807) is 6.92 Å². The first-order valence-electron chi connectivity index (χ1n) is 10.8. The highest BCUT2D eigenvalue weighted by Crippen LogP contribution is 2.33. The highest BCUT2D eigenvalue weighted by Gasteiger charge is 2.41. The first kappa shape index (κ1) is 26.9. The van der Waals surface area contributed by atoms with Crippen molar-refractivity contribution in [3.05, 3.63) is 57.7 Å². The summed E-state index contributed by atoms with van der Waals surface area (Å²) in [6.45, 7) is 2.92. The predicted octanol–water partition coefficient (Wildman–Crippen LogP) is 3.23. The topological polar surface area (TPSA) is 156 Å². The molecule has 0 saturated carbocycles. The van der Waals surface area contributed by atoms with Gasteiger partial charge in [-0.2, -0.15) is 0 Å². The second-order valence-electron chi connectivity index (χ2n) is 8.09. The maximum absolute atomic E-state index is 15.6. The molecule has 1 aromatic heterocycles. The number of azide groups is 1. The number of carbonyl (C=O) groups is 2. The molecule has 3 atom stereocenters. The maximum atomic E-state index is 15.6. The van der Waals surface area contributed by atoms with Gasteiger partial charge in [-0.1, -0.05) is 5.11 Å². The minimum atomic E-state index is -3.02. The Morgan fingerprint density at radius 1 is 1.39 bits per heavy atom. The molecule has 2 amide bonds. The molecule has 15 heteroatoms. The molecule has 2 heterocycles. The van der Waals surface area contributed by atoms with Crippen LogP contribution in [0.25, 0.3) is 10.4 Å². The summed E-state index contributed by atoms with van der Waals surface area (Å²) in [7, 11) is 1.36. The molecule has 2 aromatic rings. The zero-order valence-electron chi connectivity index (χ0n) is 19.7. The fourth-order valence-electron chi connectivity index (χ4n) is 4.08. The normalized spacial score (nSPS) is 17.9. The van der Waals surface area contributed by atoms with Crippen LogP contribution in [0.5, 0.6) is 0 Å². The first-order chi connectivity index (χ1) is 17.1. The summed E-state index contributed by atoms with van der Waals surface area (Å²) in [6, 6.07) is 2.84. The lowest BCUT2D eigenvalue weighted by Gasteiger charge is -2.34. The van der Waals surface area contributed by atoms with E-state index < -0.39 is 58.2 Å². The van der Waals surface area contributed by atoms with Gasteiger partial charge in [0.1, 0.15) is 17.2 Å². The molecule has 3 rings (SSSR count). The number of halogens is 2. The third kappa shape index (κ3) is 5.58. The van der Waals surface area contributed by atoms with Gasteiger partial charge in [0.25, 0.3) is 5.91 Å². The Hall–Kier alpha value is -3.68. The van der Waals surface area contributed by atoms with E-state index in [1.165, 1.54) is 31.0 Å². The van der Waals surface area contributed by atoms with Crippen LogP contribution in [0.15, 0.2) is 29.5 Å². The van der Waals surface area contributed by atoms with Crippen LogP contribution in [0, 0.1) is 24.5 Å². The zero-order chi connectivity index (χ0) is 26.6. The predicted molar refractivity (Wildman–Crippen MR) is 126 cm³/mol. The molecule has 1 N–H and O–H groups in total. The van der Waals surface area contributed by atoms with Gasteiger partial charge in [0.15, 0.2) is 5.82 Å². The van der Waals surface area contributed by atoms with Crippen LogP contribution in [0.2, 0.25) is 0 Å². The number of anilines is 2. The van der Waals surface area contributed by atoms with Gasteiger partial charge < -0.3 is 24.1 Å². The van der Waals surface area contributed by atoms with Gasteiger partial charge in [-0.15, -0.1) is 0 Å². The summed E-state index contributed by atoms with van der Waals surface area (Å²) in [6.07, 6.45) is 0.443. The minimum absolute atomic E-state index is 0.0158. The van der Waals surface area contributed by atoms with Crippen molar-refractivity contribution in [1.29, 1.82) is 0 Å². The molecule has 0 radical (unpaired) electrons. The lowest BCUT2D eigenvalue weighted by molar-refractivity contribution is 0.101. The van der Waals surface area contributed by atoms with Gasteiger partial charge in [0.05, 0.1) is 12.6 Å². The number of hydrogen-bond donors (Lipinski definition) is 1. The van der Waals surface area contributed by atoms with Gasteiger partial charge in [-0.3, -0.25) is 13.3 Å². The molecule has 1 aliphatic rings. The molecule has 12 nitrogen and oxygen atoms in total. The van der Waals surface area contributed by atoms with E-state index in [1.807, 2.05) is 0 Å². The van der Waals surface area contributed by atoms with Crippen molar-refractivity contribution in [2.45, 2.75) is 19.9 Å². The number of ether oxygens (including phenoxy) is 1. The molecule has 1 fully saturated rings. The van der Waals surface area contributed by atoms with Crippen molar-refractivity contribution in [1.82, 2.24) is 9.47 Å². The van der Waals surface area contributed by atoms with Gasteiger partial charge in [0.2, 0.25) is 0 Å². The third-order valence-corrected chi connectivity index (χ3v) is 6.53. The summed E-state index contributed by atoms with van der Waals surface area (Å²) < 4.78 is 60.5. The number of nitrogens with zero attached hydrogens (tertiary/aromatic N) is 6. The van der Waals surface area contributed by atoms with Crippen LogP contribution in [-0.2, 0) is 23.1 Å². The molecule has 1 aliphatic heterocycles. The molecule has 1 aromatic carbocycles. The zero-order valence-corrected chi connectivity index (χ0v) is 20.5. The van der Waals surface area contributed by atoms with Crippen molar-refractivity contribution in [2.75, 3.05) is 35.9 Å². The summed E-state index contributed by atoms with van der Waals surface area (Å²) in [5.74, 6) is -3.14. The van der Waals surface area contributed by atoms with E-state index in [-0.39, 0.29) is 37.5 Å². The molecular weight excluding hydrogens is 500 g/mol. The average molecular weight is 525 g/mol. The fraction of sp³-hybridized carbons (Fsp3) is 0.429.